The molecule has 15 heavy (non-hydrogen) atoms. The second kappa shape index (κ2) is 3.42. The van der Waals surface area contributed by atoms with Gasteiger partial charge in [0.05, 0.1) is 0 Å². The largest absolute Gasteiger partial charge is 0.350 e. The average molecular weight is 202 g/mol. The van der Waals surface area contributed by atoms with E-state index in [0.717, 1.165) is 16.5 Å². The first-order valence-corrected chi connectivity index (χ1v) is 4.90. The van der Waals surface area contributed by atoms with Gasteiger partial charge >= 0.3 is 0 Å². The summed E-state index contributed by atoms with van der Waals surface area (Å²) >= 11 is 0. The molecule has 0 bridgehead atoms. The summed E-state index contributed by atoms with van der Waals surface area (Å²) in [5.41, 5.74) is 2.71. The van der Waals surface area contributed by atoms with Gasteiger partial charge in [0.25, 0.3) is 5.91 Å². The number of benzene rings is 1. The molecule has 0 radical (unpaired) electrons. The summed E-state index contributed by atoms with van der Waals surface area (Å²) in [4.78, 5) is 16.6. The average Bonchev–Trinajstić information content (AvgIpc) is 2.56. The number of carbonyl (C=O) groups is 1. The van der Waals surface area contributed by atoms with E-state index in [1.54, 1.807) is 19.0 Å². The molecule has 1 N–H and O–H groups in total. The van der Waals surface area contributed by atoms with Crippen LogP contribution < -0.4 is 0 Å². The number of aromatic nitrogens is 1. The van der Waals surface area contributed by atoms with Gasteiger partial charge in [-0.15, -0.1) is 0 Å². The van der Waals surface area contributed by atoms with Crippen LogP contribution in [0.5, 0.6) is 0 Å². The van der Waals surface area contributed by atoms with Crippen molar-refractivity contribution in [1.29, 1.82) is 0 Å². The fourth-order valence-electron chi connectivity index (χ4n) is 1.72. The summed E-state index contributed by atoms with van der Waals surface area (Å²) in [5, 5.41) is 1.11. The third-order valence-electron chi connectivity index (χ3n) is 2.59. The lowest BCUT2D eigenvalue weighted by molar-refractivity contribution is 0.0822. The molecule has 1 heterocycles. The SMILES string of the molecule is Cc1c(C(=O)N(C)C)[nH]c2ccccc12. The van der Waals surface area contributed by atoms with Gasteiger partial charge in [0.2, 0.25) is 0 Å². The number of amides is 1. The van der Waals surface area contributed by atoms with Gasteiger partial charge in [-0.1, -0.05) is 18.2 Å². The first kappa shape index (κ1) is 9.77. The molecule has 3 nitrogen and oxygen atoms in total. The second-order valence-electron chi connectivity index (χ2n) is 3.87. The van der Waals surface area contributed by atoms with E-state index >= 15 is 0 Å². The number of aromatic amines is 1. The minimum atomic E-state index is 0.0173. The molecular formula is C12H14N2O. The van der Waals surface area contributed by atoms with Crippen LogP contribution in [-0.2, 0) is 0 Å². The van der Waals surface area contributed by atoms with Crippen molar-refractivity contribution in [2.75, 3.05) is 14.1 Å². The Morgan fingerprint density at radius 3 is 2.53 bits per heavy atom. The third-order valence-corrected chi connectivity index (χ3v) is 2.59. The molecule has 0 aliphatic rings. The molecule has 1 aromatic heterocycles. The quantitative estimate of drug-likeness (QED) is 0.756. The molecular weight excluding hydrogens is 188 g/mol. The number of aryl methyl sites for hydroxylation is 1. The number of H-pyrrole nitrogens is 1. The fraction of sp³-hybridized carbons (Fsp3) is 0.250. The topological polar surface area (TPSA) is 36.1 Å². The van der Waals surface area contributed by atoms with Gasteiger partial charge in [0, 0.05) is 25.0 Å². The van der Waals surface area contributed by atoms with E-state index < -0.39 is 0 Å². The molecule has 0 saturated heterocycles. The summed E-state index contributed by atoms with van der Waals surface area (Å²) in [6.45, 7) is 1.97. The molecule has 1 aromatic carbocycles. The van der Waals surface area contributed by atoms with E-state index in [1.165, 1.54) is 0 Å². The van der Waals surface area contributed by atoms with Crippen molar-refractivity contribution in [2.24, 2.45) is 0 Å². The van der Waals surface area contributed by atoms with E-state index in [-0.39, 0.29) is 5.91 Å². The molecule has 0 atom stereocenters. The van der Waals surface area contributed by atoms with Crippen molar-refractivity contribution in [2.45, 2.75) is 6.92 Å². The molecule has 1 amide bonds. The molecule has 0 aliphatic carbocycles. The van der Waals surface area contributed by atoms with Crippen molar-refractivity contribution in [1.82, 2.24) is 9.88 Å². The Balaban J connectivity index is 2.63. The predicted molar refractivity (Wildman–Crippen MR) is 61.1 cm³/mol. The highest BCUT2D eigenvalue weighted by Gasteiger charge is 2.15. The van der Waals surface area contributed by atoms with Crippen LogP contribution in [0.25, 0.3) is 10.9 Å². The molecule has 0 fully saturated rings. The highest BCUT2D eigenvalue weighted by atomic mass is 16.2. The maximum absolute atomic E-state index is 11.8. The van der Waals surface area contributed by atoms with E-state index in [1.807, 2.05) is 31.2 Å². The standard InChI is InChI=1S/C12H14N2O/c1-8-9-6-4-5-7-10(9)13-11(8)12(15)14(2)3/h4-7,13H,1-3H3. The minimum Gasteiger partial charge on any atom is -0.350 e. The third kappa shape index (κ3) is 1.50. The molecule has 2 aromatic rings. The maximum atomic E-state index is 11.8. The molecule has 3 heteroatoms. The number of carbonyl (C=O) groups excluding carboxylic acids is 1. The molecule has 0 spiro atoms. The molecule has 2 rings (SSSR count). The van der Waals surface area contributed by atoms with Gasteiger partial charge in [-0.2, -0.15) is 0 Å². The Hall–Kier alpha value is -1.77. The first-order chi connectivity index (χ1) is 7.11. The maximum Gasteiger partial charge on any atom is 0.270 e. The summed E-state index contributed by atoms with van der Waals surface area (Å²) in [5.74, 6) is 0.0173. The van der Waals surface area contributed by atoms with Crippen molar-refractivity contribution in [3.8, 4) is 0 Å². The van der Waals surface area contributed by atoms with Crippen LogP contribution in [0.4, 0.5) is 0 Å². The normalized spacial score (nSPS) is 10.6. The Morgan fingerprint density at radius 1 is 1.27 bits per heavy atom. The van der Waals surface area contributed by atoms with Gasteiger partial charge in [0.1, 0.15) is 5.69 Å². The van der Waals surface area contributed by atoms with Gasteiger partial charge in [-0.25, -0.2) is 0 Å². The van der Waals surface area contributed by atoms with Crippen LogP contribution in [0, 0.1) is 6.92 Å². The smallest absolute Gasteiger partial charge is 0.270 e. The second-order valence-corrected chi connectivity index (χ2v) is 3.87. The summed E-state index contributed by atoms with van der Waals surface area (Å²) < 4.78 is 0. The van der Waals surface area contributed by atoms with E-state index in [2.05, 4.69) is 4.98 Å². The van der Waals surface area contributed by atoms with Crippen molar-refractivity contribution in [3.63, 3.8) is 0 Å². The highest BCUT2D eigenvalue weighted by molar-refractivity contribution is 6.00. The van der Waals surface area contributed by atoms with E-state index in [9.17, 15) is 4.79 Å². The van der Waals surface area contributed by atoms with Crippen LogP contribution in [0.15, 0.2) is 24.3 Å². The Morgan fingerprint density at radius 2 is 1.93 bits per heavy atom. The Labute approximate surface area is 88.7 Å². The van der Waals surface area contributed by atoms with Crippen molar-refractivity contribution < 1.29 is 4.79 Å². The fourth-order valence-corrected chi connectivity index (χ4v) is 1.72. The number of fused-ring (bicyclic) bond motifs is 1. The van der Waals surface area contributed by atoms with Crippen LogP contribution in [-0.4, -0.2) is 29.9 Å². The number of nitrogens with one attached hydrogen (secondary N) is 1. The van der Waals surface area contributed by atoms with Crippen LogP contribution in [0.3, 0.4) is 0 Å². The number of rotatable bonds is 1. The minimum absolute atomic E-state index is 0.0173. The van der Waals surface area contributed by atoms with E-state index in [4.69, 9.17) is 0 Å². The lowest BCUT2D eigenvalue weighted by Crippen LogP contribution is -2.22. The Bertz CT molecular complexity index is 511. The summed E-state index contributed by atoms with van der Waals surface area (Å²) in [7, 11) is 3.51. The lowest BCUT2D eigenvalue weighted by Gasteiger charge is -2.08. The zero-order chi connectivity index (χ0) is 11.0. The summed E-state index contributed by atoms with van der Waals surface area (Å²) in [6.07, 6.45) is 0. The zero-order valence-electron chi connectivity index (χ0n) is 9.16. The van der Waals surface area contributed by atoms with Gasteiger partial charge in [-0.05, 0) is 18.6 Å². The van der Waals surface area contributed by atoms with E-state index in [0.29, 0.717) is 5.69 Å². The molecule has 78 valence electrons. The Kier molecular flexibility index (Phi) is 2.23. The molecule has 0 unspecified atom stereocenters. The number of hydrogen-bond acceptors (Lipinski definition) is 1. The van der Waals surface area contributed by atoms with Gasteiger partial charge < -0.3 is 9.88 Å². The van der Waals surface area contributed by atoms with Crippen molar-refractivity contribution >= 4 is 16.8 Å². The number of nitrogens with zero attached hydrogens (tertiary/aromatic N) is 1. The highest BCUT2D eigenvalue weighted by Crippen LogP contribution is 2.21. The number of hydrogen-bond donors (Lipinski definition) is 1. The first-order valence-electron chi connectivity index (χ1n) is 4.90. The monoisotopic (exact) mass is 202 g/mol. The summed E-state index contributed by atoms with van der Waals surface area (Å²) in [6, 6.07) is 7.94. The van der Waals surface area contributed by atoms with Gasteiger partial charge in [0.15, 0.2) is 0 Å². The van der Waals surface area contributed by atoms with Crippen LogP contribution >= 0.6 is 0 Å². The number of para-hydroxylation sites is 1. The van der Waals surface area contributed by atoms with Gasteiger partial charge in [-0.3, -0.25) is 4.79 Å². The van der Waals surface area contributed by atoms with Crippen LogP contribution in [0.2, 0.25) is 0 Å². The lowest BCUT2D eigenvalue weighted by atomic mass is 10.1. The van der Waals surface area contributed by atoms with Crippen molar-refractivity contribution in [3.05, 3.63) is 35.5 Å². The predicted octanol–water partition coefficient (Wildman–Crippen LogP) is 2.18. The molecule has 0 aliphatic heterocycles. The zero-order valence-corrected chi connectivity index (χ0v) is 9.16. The van der Waals surface area contributed by atoms with Crippen LogP contribution in [0.1, 0.15) is 16.1 Å². The molecule has 0 saturated carbocycles.